The van der Waals surface area contributed by atoms with Gasteiger partial charge in [0.15, 0.2) is 0 Å². The summed E-state index contributed by atoms with van der Waals surface area (Å²) in [5.74, 6) is 0.383. The van der Waals surface area contributed by atoms with Crippen molar-refractivity contribution in [1.29, 1.82) is 0 Å². The first kappa shape index (κ1) is 21.2. The topological polar surface area (TPSA) is 76.2 Å². The molecule has 2 N–H and O–H groups in total. The maximum atomic E-state index is 12.3. The van der Waals surface area contributed by atoms with E-state index >= 15 is 0 Å². The maximum Gasteiger partial charge on any atom is 0.242 e. The van der Waals surface area contributed by atoms with E-state index in [2.05, 4.69) is 20.7 Å². The average molecular weight is 411 g/mol. The molecular weight excluding hydrogens is 387 g/mol. The van der Waals surface area contributed by atoms with Gasteiger partial charge in [-0.05, 0) is 37.6 Å². The van der Waals surface area contributed by atoms with E-state index in [1.807, 2.05) is 45.7 Å². The molecule has 0 aromatic carbocycles. The zero-order valence-electron chi connectivity index (χ0n) is 14.9. The van der Waals surface area contributed by atoms with Crippen molar-refractivity contribution >= 4 is 36.4 Å². The smallest absolute Gasteiger partial charge is 0.242 e. The summed E-state index contributed by atoms with van der Waals surface area (Å²) in [5, 5.41) is 10.7. The molecule has 1 aliphatic heterocycles. The van der Waals surface area contributed by atoms with Gasteiger partial charge in [-0.1, -0.05) is 6.07 Å². The van der Waals surface area contributed by atoms with Crippen molar-refractivity contribution in [2.45, 2.75) is 31.8 Å². The monoisotopic (exact) mass is 410 g/mol. The minimum atomic E-state index is -0.0502. The van der Waals surface area contributed by atoms with Gasteiger partial charge in [0.25, 0.3) is 0 Å². The number of amides is 1. The van der Waals surface area contributed by atoms with Crippen LogP contribution in [0.15, 0.2) is 42.9 Å². The van der Waals surface area contributed by atoms with E-state index in [9.17, 15) is 4.79 Å². The molecule has 0 saturated carbocycles. The minimum Gasteiger partial charge on any atom is -0.349 e. The lowest BCUT2D eigenvalue weighted by Gasteiger charge is -2.23. The fraction of sp³-hybridized carbons (Fsp3) is 0.389. The third kappa shape index (κ3) is 5.00. The molecule has 3 aromatic rings. The number of imidazole rings is 1. The first-order chi connectivity index (χ1) is 12.3. The van der Waals surface area contributed by atoms with Gasteiger partial charge in [0.2, 0.25) is 5.91 Å². The van der Waals surface area contributed by atoms with Crippen LogP contribution in [0.25, 0.3) is 5.65 Å². The quantitative estimate of drug-likeness (QED) is 0.675. The number of halogens is 2. The molecule has 0 radical (unpaired) electrons. The summed E-state index contributed by atoms with van der Waals surface area (Å²) in [7, 11) is 0. The van der Waals surface area contributed by atoms with Gasteiger partial charge in [0.1, 0.15) is 12.2 Å². The number of rotatable bonds is 5. The van der Waals surface area contributed by atoms with Crippen LogP contribution < -0.4 is 10.6 Å². The van der Waals surface area contributed by atoms with Crippen molar-refractivity contribution in [2.75, 3.05) is 13.1 Å². The molecule has 1 atom stereocenters. The third-order valence-electron chi connectivity index (χ3n) is 4.64. The van der Waals surface area contributed by atoms with Crippen LogP contribution in [0, 0.1) is 0 Å². The number of pyridine rings is 1. The first-order valence-electron chi connectivity index (χ1n) is 8.71. The molecule has 3 aromatic heterocycles. The Hall–Kier alpha value is -2.09. The van der Waals surface area contributed by atoms with Crippen molar-refractivity contribution in [3.8, 4) is 0 Å². The van der Waals surface area contributed by atoms with Gasteiger partial charge >= 0.3 is 0 Å². The second-order valence-corrected chi connectivity index (χ2v) is 6.43. The molecule has 0 spiro atoms. The van der Waals surface area contributed by atoms with Gasteiger partial charge in [0, 0.05) is 36.7 Å². The van der Waals surface area contributed by atoms with Crippen molar-refractivity contribution in [3.63, 3.8) is 0 Å². The van der Waals surface area contributed by atoms with E-state index in [0.717, 1.165) is 43.0 Å². The van der Waals surface area contributed by atoms with Crippen LogP contribution in [0.1, 0.15) is 30.1 Å². The standard InChI is InChI=1S/C18H22N6O.2ClH/c25-18(20-11-15-12-23-9-2-1-5-17(23)22-15)13-24-16(6-8-21-24)14-4-3-7-19-10-14;;/h1-2,5-6,8-9,12,14,19H,3-4,7,10-11,13H2,(H,20,25);2*1H. The van der Waals surface area contributed by atoms with Gasteiger partial charge in [-0.3, -0.25) is 9.48 Å². The van der Waals surface area contributed by atoms with Crippen LogP contribution in [0.2, 0.25) is 0 Å². The Bertz CT molecular complexity index is 838. The first-order valence-corrected chi connectivity index (χ1v) is 8.71. The Balaban J connectivity index is 0.00000131. The molecule has 1 unspecified atom stereocenters. The van der Waals surface area contributed by atoms with Crippen molar-refractivity contribution in [2.24, 2.45) is 0 Å². The molecule has 1 fully saturated rings. The zero-order valence-corrected chi connectivity index (χ0v) is 16.5. The highest BCUT2D eigenvalue weighted by atomic mass is 35.5. The number of carbonyl (C=O) groups is 1. The fourth-order valence-electron chi connectivity index (χ4n) is 3.38. The van der Waals surface area contributed by atoms with E-state index in [1.54, 1.807) is 6.20 Å². The normalized spacial score (nSPS) is 16.4. The maximum absolute atomic E-state index is 12.3. The molecule has 0 bridgehead atoms. The molecule has 1 aliphatic rings. The van der Waals surface area contributed by atoms with E-state index < -0.39 is 0 Å². The summed E-state index contributed by atoms with van der Waals surface area (Å²) in [6.07, 6.45) is 7.96. The Morgan fingerprint density at radius 3 is 2.96 bits per heavy atom. The van der Waals surface area contributed by atoms with Gasteiger partial charge in [0.05, 0.1) is 12.2 Å². The molecule has 4 rings (SSSR count). The van der Waals surface area contributed by atoms with Gasteiger partial charge in [-0.15, -0.1) is 24.8 Å². The number of hydrogen-bond donors (Lipinski definition) is 2. The highest BCUT2D eigenvalue weighted by Crippen LogP contribution is 2.22. The van der Waals surface area contributed by atoms with Gasteiger partial charge in [-0.2, -0.15) is 5.10 Å². The number of piperidine rings is 1. The van der Waals surface area contributed by atoms with Crippen molar-refractivity contribution in [1.82, 2.24) is 29.8 Å². The number of nitrogens with one attached hydrogen (secondary N) is 2. The summed E-state index contributed by atoms with van der Waals surface area (Å²) < 4.78 is 3.76. The fourth-order valence-corrected chi connectivity index (χ4v) is 3.38. The van der Waals surface area contributed by atoms with Crippen molar-refractivity contribution in [3.05, 3.63) is 54.2 Å². The summed E-state index contributed by atoms with van der Waals surface area (Å²) in [6.45, 7) is 2.69. The molecule has 9 heteroatoms. The lowest BCUT2D eigenvalue weighted by molar-refractivity contribution is -0.122. The predicted octanol–water partition coefficient (Wildman–Crippen LogP) is 2.16. The number of nitrogens with zero attached hydrogens (tertiary/aromatic N) is 4. The van der Waals surface area contributed by atoms with Crippen LogP contribution in [-0.4, -0.2) is 38.2 Å². The van der Waals surface area contributed by atoms with Crippen molar-refractivity contribution < 1.29 is 4.79 Å². The highest BCUT2D eigenvalue weighted by molar-refractivity contribution is 5.85. The van der Waals surface area contributed by atoms with Crippen LogP contribution in [0.4, 0.5) is 0 Å². The van der Waals surface area contributed by atoms with E-state index in [1.165, 1.54) is 0 Å². The molecular formula is C18H24Cl2N6O. The molecule has 4 heterocycles. The molecule has 27 heavy (non-hydrogen) atoms. The third-order valence-corrected chi connectivity index (χ3v) is 4.64. The highest BCUT2D eigenvalue weighted by Gasteiger charge is 2.19. The van der Waals surface area contributed by atoms with Crippen LogP contribution in [0.5, 0.6) is 0 Å². The average Bonchev–Trinajstić information content (AvgIpc) is 3.27. The SMILES string of the molecule is Cl.Cl.O=C(Cn1nccc1C1CCCNC1)NCc1cn2ccccc2n1. The Morgan fingerprint density at radius 1 is 1.30 bits per heavy atom. The largest absolute Gasteiger partial charge is 0.349 e. The Labute approximate surface area is 170 Å². The molecule has 146 valence electrons. The Kier molecular flexibility index (Phi) is 7.65. The number of carbonyl (C=O) groups excluding carboxylic acids is 1. The van der Waals surface area contributed by atoms with Crippen LogP contribution >= 0.6 is 24.8 Å². The van der Waals surface area contributed by atoms with Crippen LogP contribution in [0.3, 0.4) is 0 Å². The zero-order chi connectivity index (χ0) is 17.1. The summed E-state index contributed by atoms with van der Waals surface area (Å²) >= 11 is 0. The molecule has 7 nitrogen and oxygen atoms in total. The summed E-state index contributed by atoms with van der Waals surface area (Å²) in [4.78, 5) is 16.8. The molecule has 1 amide bonds. The van der Waals surface area contributed by atoms with Gasteiger partial charge < -0.3 is 15.0 Å². The lowest BCUT2D eigenvalue weighted by Crippen LogP contribution is -2.32. The van der Waals surface area contributed by atoms with Gasteiger partial charge in [-0.25, -0.2) is 4.98 Å². The summed E-state index contributed by atoms with van der Waals surface area (Å²) in [5.41, 5.74) is 2.86. The van der Waals surface area contributed by atoms with E-state index in [0.29, 0.717) is 12.5 Å². The summed E-state index contributed by atoms with van der Waals surface area (Å²) in [6, 6.07) is 7.87. The Morgan fingerprint density at radius 2 is 2.19 bits per heavy atom. The molecule has 1 saturated heterocycles. The number of hydrogen-bond acceptors (Lipinski definition) is 4. The predicted molar refractivity (Wildman–Crippen MR) is 109 cm³/mol. The number of fused-ring (bicyclic) bond motifs is 1. The van der Waals surface area contributed by atoms with E-state index in [4.69, 9.17) is 0 Å². The number of aromatic nitrogens is 4. The second-order valence-electron chi connectivity index (χ2n) is 6.43. The minimum absolute atomic E-state index is 0. The molecule has 0 aliphatic carbocycles. The lowest BCUT2D eigenvalue weighted by atomic mass is 9.96. The second kappa shape index (κ2) is 9.73. The van der Waals surface area contributed by atoms with E-state index in [-0.39, 0.29) is 37.3 Å². The van der Waals surface area contributed by atoms with Crippen LogP contribution in [-0.2, 0) is 17.9 Å².